The van der Waals surface area contributed by atoms with Crippen LogP contribution in [0.3, 0.4) is 0 Å². The Labute approximate surface area is 214 Å². The van der Waals surface area contributed by atoms with Crippen molar-refractivity contribution in [1.29, 1.82) is 0 Å². The van der Waals surface area contributed by atoms with Crippen LogP contribution in [-0.2, 0) is 0 Å². The fraction of sp³-hybridized carbons (Fsp3) is 0. The van der Waals surface area contributed by atoms with Crippen molar-refractivity contribution in [1.82, 2.24) is 9.38 Å². The number of hydrogen-bond acceptors (Lipinski definition) is 1. The monoisotopic (exact) mass is 470 g/mol. The molecule has 2 heterocycles. The molecule has 0 atom stereocenters. The van der Waals surface area contributed by atoms with Gasteiger partial charge in [0.2, 0.25) is 0 Å². The third-order valence-electron chi connectivity index (χ3n) is 7.56. The summed E-state index contributed by atoms with van der Waals surface area (Å²) in [5, 5.41) is 7.45. The molecule has 0 unspecified atom stereocenters. The molecule has 0 fully saturated rings. The fourth-order valence-electron chi connectivity index (χ4n) is 5.85. The lowest BCUT2D eigenvalue weighted by Crippen LogP contribution is -1.88. The fourth-order valence-corrected chi connectivity index (χ4v) is 5.85. The maximum Gasteiger partial charge on any atom is 0.137 e. The van der Waals surface area contributed by atoms with Crippen molar-refractivity contribution in [2.45, 2.75) is 0 Å². The van der Waals surface area contributed by atoms with Crippen LogP contribution in [0.2, 0.25) is 0 Å². The summed E-state index contributed by atoms with van der Waals surface area (Å²) in [7, 11) is 0. The molecule has 2 heteroatoms. The zero-order valence-electron chi connectivity index (χ0n) is 20.1. The van der Waals surface area contributed by atoms with Crippen molar-refractivity contribution in [2.75, 3.05) is 0 Å². The van der Waals surface area contributed by atoms with Gasteiger partial charge in [0.25, 0.3) is 0 Å². The molecule has 0 aliphatic heterocycles. The Morgan fingerprint density at radius 2 is 1.19 bits per heavy atom. The van der Waals surface area contributed by atoms with Crippen LogP contribution in [0.5, 0.6) is 0 Å². The maximum absolute atomic E-state index is 5.09. The molecule has 0 radical (unpaired) electrons. The Morgan fingerprint density at radius 3 is 2.11 bits per heavy atom. The van der Waals surface area contributed by atoms with Crippen LogP contribution in [0.25, 0.3) is 71.3 Å². The lowest BCUT2D eigenvalue weighted by Gasteiger charge is -2.13. The second-order valence-electron chi connectivity index (χ2n) is 9.65. The van der Waals surface area contributed by atoms with Crippen LogP contribution >= 0.6 is 0 Å². The van der Waals surface area contributed by atoms with Gasteiger partial charge in [-0.15, -0.1) is 0 Å². The summed E-state index contributed by atoms with van der Waals surface area (Å²) in [5.41, 5.74) is 8.08. The van der Waals surface area contributed by atoms with Crippen molar-refractivity contribution < 1.29 is 0 Å². The van der Waals surface area contributed by atoms with E-state index in [9.17, 15) is 0 Å². The number of imidazole rings is 1. The minimum Gasteiger partial charge on any atom is -0.299 e. The molecular weight excluding hydrogens is 448 g/mol. The Bertz CT molecular complexity index is 2140. The average Bonchev–Trinajstić information content (AvgIpc) is 3.37. The normalized spacial score (nSPS) is 11.8. The van der Waals surface area contributed by atoms with Crippen LogP contribution < -0.4 is 0 Å². The van der Waals surface area contributed by atoms with E-state index in [-0.39, 0.29) is 0 Å². The summed E-state index contributed by atoms with van der Waals surface area (Å²) >= 11 is 0. The molecule has 2 aromatic heterocycles. The second kappa shape index (κ2) is 7.78. The molecule has 0 saturated heterocycles. The summed E-state index contributed by atoms with van der Waals surface area (Å²) in [6.07, 6.45) is 2.12. The third kappa shape index (κ3) is 3.03. The lowest BCUT2D eigenvalue weighted by molar-refractivity contribution is 1.23. The van der Waals surface area contributed by atoms with Crippen LogP contribution in [0.4, 0.5) is 0 Å². The number of nitrogens with zero attached hydrogens (tertiary/aromatic N) is 2. The second-order valence-corrected chi connectivity index (χ2v) is 9.65. The molecule has 0 N–H and O–H groups in total. The van der Waals surface area contributed by atoms with Crippen LogP contribution in [-0.4, -0.2) is 9.38 Å². The van der Waals surface area contributed by atoms with Gasteiger partial charge in [0, 0.05) is 17.0 Å². The predicted molar refractivity (Wildman–Crippen MR) is 156 cm³/mol. The van der Waals surface area contributed by atoms with E-state index in [4.69, 9.17) is 4.98 Å². The van der Waals surface area contributed by atoms with E-state index in [0.29, 0.717) is 0 Å². The average molecular weight is 471 g/mol. The molecule has 8 rings (SSSR count). The molecule has 0 aliphatic carbocycles. The molecule has 0 aliphatic rings. The molecule has 0 saturated carbocycles. The first kappa shape index (κ1) is 20.3. The number of hydrogen-bond donors (Lipinski definition) is 0. The Morgan fingerprint density at radius 1 is 0.459 bits per heavy atom. The smallest absolute Gasteiger partial charge is 0.137 e. The Kier molecular flexibility index (Phi) is 4.26. The van der Waals surface area contributed by atoms with Gasteiger partial charge >= 0.3 is 0 Å². The van der Waals surface area contributed by atoms with Crippen LogP contribution in [0.15, 0.2) is 134 Å². The molecule has 0 amide bonds. The van der Waals surface area contributed by atoms with Crippen molar-refractivity contribution in [2.24, 2.45) is 0 Å². The Hall–Kier alpha value is -4.95. The third-order valence-corrected chi connectivity index (χ3v) is 7.56. The highest BCUT2D eigenvalue weighted by Crippen LogP contribution is 2.40. The first-order valence-corrected chi connectivity index (χ1v) is 12.6. The highest BCUT2D eigenvalue weighted by molar-refractivity contribution is 6.30. The summed E-state index contributed by atoms with van der Waals surface area (Å²) in [5.74, 6) is 0. The van der Waals surface area contributed by atoms with E-state index in [1.54, 1.807) is 0 Å². The van der Waals surface area contributed by atoms with E-state index in [2.05, 4.69) is 138 Å². The molecule has 8 aromatic rings. The van der Waals surface area contributed by atoms with E-state index in [0.717, 1.165) is 16.7 Å². The standard InChI is InChI=1S/C35H22N2/c1-2-9-23(10-3-1)25-12-8-13-26(21-25)27-17-18-29-31(22-27)33-28-14-5-4-11-24(28)16-19-30(33)34-35(29)37-20-7-6-15-32(37)36-34/h1-22H. The summed E-state index contributed by atoms with van der Waals surface area (Å²) in [4.78, 5) is 5.09. The summed E-state index contributed by atoms with van der Waals surface area (Å²) < 4.78 is 2.22. The molecule has 6 aromatic carbocycles. The van der Waals surface area contributed by atoms with Gasteiger partial charge in [-0.2, -0.15) is 0 Å². The van der Waals surface area contributed by atoms with Gasteiger partial charge in [0.05, 0.1) is 11.0 Å². The van der Waals surface area contributed by atoms with E-state index < -0.39 is 0 Å². The van der Waals surface area contributed by atoms with Gasteiger partial charge in [0.1, 0.15) is 5.65 Å². The van der Waals surface area contributed by atoms with E-state index in [1.165, 1.54) is 54.6 Å². The zero-order valence-corrected chi connectivity index (χ0v) is 20.1. The largest absolute Gasteiger partial charge is 0.299 e. The van der Waals surface area contributed by atoms with Crippen LogP contribution in [0.1, 0.15) is 0 Å². The van der Waals surface area contributed by atoms with Crippen molar-refractivity contribution in [3.63, 3.8) is 0 Å². The van der Waals surface area contributed by atoms with Crippen molar-refractivity contribution >= 4 is 49.0 Å². The van der Waals surface area contributed by atoms with E-state index >= 15 is 0 Å². The number of aromatic nitrogens is 2. The molecule has 0 bridgehead atoms. The minimum absolute atomic E-state index is 0.971. The molecule has 2 nitrogen and oxygen atoms in total. The SMILES string of the molecule is c1ccc(-c2cccc(-c3ccc4c(c3)c3c5ccccc5ccc3c3nc5ccccn5c43)c2)cc1. The van der Waals surface area contributed by atoms with Gasteiger partial charge < -0.3 is 0 Å². The van der Waals surface area contributed by atoms with Gasteiger partial charge in [-0.3, -0.25) is 4.40 Å². The van der Waals surface area contributed by atoms with Crippen LogP contribution in [0, 0.1) is 0 Å². The number of fused-ring (bicyclic) bond motifs is 10. The minimum atomic E-state index is 0.971. The molecule has 172 valence electrons. The number of pyridine rings is 1. The van der Waals surface area contributed by atoms with Gasteiger partial charge in [0.15, 0.2) is 0 Å². The topological polar surface area (TPSA) is 17.3 Å². The summed E-state index contributed by atoms with van der Waals surface area (Å²) in [6, 6.07) is 45.7. The van der Waals surface area contributed by atoms with Crippen molar-refractivity contribution in [3.8, 4) is 22.3 Å². The predicted octanol–water partition coefficient (Wildman–Crippen LogP) is 9.28. The molecule has 0 spiro atoms. The van der Waals surface area contributed by atoms with Crippen molar-refractivity contribution in [3.05, 3.63) is 134 Å². The van der Waals surface area contributed by atoms with Gasteiger partial charge in [-0.25, -0.2) is 4.98 Å². The molecular formula is C35H22N2. The quantitative estimate of drug-likeness (QED) is 0.230. The zero-order chi connectivity index (χ0) is 24.3. The highest BCUT2D eigenvalue weighted by Gasteiger charge is 2.16. The number of rotatable bonds is 2. The maximum atomic E-state index is 5.09. The highest BCUT2D eigenvalue weighted by atomic mass is 15.0. The Balaban J connectivity index is 1.50. The first-order chi connectivity index (χ1) is 18.3. The van der Waals surface area contributed by atoms with E-state index in [1.807, 2.05) is 0 Å². The van der Waals surface area contributed by atoms with Gasteiger partial charge in [-0.1, -0.05) is 103 Å². The lowest BCUT2D eigenvalue weighted by atomic mass is 9.92. The first-order valence-electron chi connectivity index (χ1n) is 12.6. The summed E-state index contributed by atoms with van der Waals surface area (Å²) in [6.45, 7) is 0. The molecule has 37 heavy (non-hydrogen) atoms. The van der Waals surface area contributed by atoms with Gasteiger partial charge in [-0.05, 0) is 68.1 Å². The number of benzene rings is 6.